The number of carbonyl (C=O) groups excluding carboxylic acids is 4. The molecule has 284 valence electrons. The molecule has 1 heterocycles. The third kappa shape index (κ3) is 8.08. The van der Waals surface area contributed by atoms with Crippen LogP contribution in [0.1, 0.15) is 77.3 Å². The minimum Gasteiger partial charge on any atom is -0.383 e. The van der Waals surface area contributed by atoms with Gasteiger partial charge in [-0.05, 0) is 87.7 Å². The number of hydrogen-bond acceptors (Lipinski definition) is 10. The summed E-state index contributed by atoms with van der Waals surface area (Å²) < 4.78 is 12.0. The number of aliphatic hydroxyl groups is 1. The number of fused-ring (bicyclic) bond motifs is 5. The van der Waals surface area contributed by atoms with Crippen LogP contribution in [0.25, 0.3) is 0 Å². The van der Waals surface area contributed by atoms with Crippen molar-refractivity contribution < 1.29 is 33.8 Å². The molecule has 0 aromatic carbocycles. The van der Waals surface area contributed by atoms with Gasteiger partial charge in [0.05, 0.1) is 39.0 Å². The second-order valence-electron chi connectivity index (χ2n) is 15.9. The lowest BCUT2D eigenvalue weighted by Gasteiger charge is -2.59. The maximum absolute atomic E-state index is 13.3. The normalized spacial score (nSPS) is 30.0. The van der Waals surface area contributed by atoms with Crippen LogP contribution in [0.4, 0.5) is 0 Å². The Kier molecular flexibility index (Phi) is 12.4. The van der Waals surface area contributed by atoms with Crippen LogP contribution in [0.2, 0.25) is 0 Å². The van der Waals surface area contributed by atoms with Crippen LogP contribution in [-0.2, 0) is 40.8 Å². The topological polar surface area (TPSA) is 173 Å². The number of aryl methyl sites for hydroxylation is 1. The molecule has 3 fully saturated rings. The van der Waals surface area contributed by atoms with Crippen molar-refractivity contribution in [1.29, 1.82) is 0 Å². The lowest BCUT2D eigenvalue weighted by atomic mass is 9.46. The van der Waals surface area contributed by atoms with Gasteiger partial charge in [0.25, 0.3) is 0 Å². The fourth-order valence-corrected chi connectivity index (χ4v) is 9.94. The summed E-state index contributed by atoms with van der Waals surface area (Å²) in [6.45, 7) is 6.40. The number of aromatic nitrogens is 3. The molecule has 0 spiro atoms. The van der Waals surface area contributed by atoms with E-state index in [1.807, 2.05) is 24.2 Å². The fraction of sp³-hybridized carbons (Fsp3) is 0.784. The van der Waals surface area contributed by atoms with E-state index in [4.69, 9.17) is 15.2 Å². The van der Waals surface area contributed by atoms with Crippen LogP contribution in [0.5, 0.6) is 0 Å². The summed E-state index contributed by atoms with van der Waals surface area (Å²) in [4.78, 5) is 54.7. The molecule has 6 unspecified atom stereocenters. The van der Waals surface area contributed by atoms with Gasteiger partial charge in [-0.1, -0.05) is 24.6 Å². The average molecular weight is 714 g/mol. The molecule has 0 bridgehead atoms. The quantitative estimate of drug-likeness (QED) is 0.242. The Hall–Kier alpha value is -3.20. The molecular formula is C37H59N7O7. The molecule has 5 rings (SSSR count). The summed E-state index contributed by atoms with van der Waals surface area (Å²) in [5.41, 5.74) is 6.11. The number of amides is 3. The van der Waals surface area contributed by atoms with E-state index in [9.17, 15) is 24.3 Å². The van der Waals surface area contributed by atoms with Gasteiger partial charge in [-0.25, -0.2) is 0 Å². The number of nitrogens with two attached hydrogens (primary N) is 1. The molecule has 3 amide bonds. The molecule has 0 aliphatic heterocycles. The fourth-order valence-electron chi connectivity index (χ4n) is 9.94. The highest BCUT2D eigenvalue weighted by Crippen LogP contribution is 2.69. The molecule has 3 saturated carbocycles. The molecule has 0 saturated heterocycles. The van der Waals surface area contributed by atoms with Crippen LogP contribution in [0.15, 0.2) is 17.8 Å². The maximum Gasteiger partial charge on any atom is 0.242 e. The van der Waals surface area contributed by atoms with E-state index in [0.29, 0.717) is 55.8 Å². The van der Waals surface area contributed by atoms with E-state index in [-0.39, 0.29) is 68.5 Å². The van der Waals surface area contributed by atoms with E-state index in [2.05, 4.69) is 24.2 Å². The number of methoxy groups -OCH3 is 2. The van der Waals surface area contributed by atoms with Crippen molar-refractivity contribution in [2.75, 3.05) is 73.7 Å². The summed E-state index contributed by atoms with van der Waals surface area (Å²) in [5, 5.41) is 21.3. The van der Waals surface area contributed by atoms with Crippen molar-refractivity contribution in [3.05, 3.63) is 23.5 Å². The van der Waals surface area contributed by atoms with E-state index >= 15 is 0 Å². The zero-order valence-corrected chi connectivity index (χ0v) is 31.3. The van der Waals surface area contributed by atoms with Crippen LogP contribution in [-0.4, -0.2) is 132 Å². The zero-order chi connectivity index (χ0) is 37.0. The molecule has 1 aromatic rings. The smallest absolute Gasteiger partial charge is 0.242 e. The van der Waals surface area contributed by atoms with Crippen molar-refractivity contribution in [1.82, 2.24) is 29.7 Å². The first-order valence-electron chi connectivity index (χ1n) is 18.6. The number of allylic oxidation sites excluding steroid dienone is 1. The maximum atomic E-state index is 13.3. The number of nitrogens with zero attached hydrogens (tertiary/aromatic N) is 6. The number of likely N-dealkylation sites (N-methyl/N-ethyl adjacent to an activating group) is 1. The Balaban J connectivity index is 1.15. The van der Waals surface area contributed by atoms with Gasteiger partial charge in [0.15, 0.2) is 5.78 Å². The summed E-state index contributed by atoms with van der Waals surface area (Å²) in [5.74, 6) is 0.515. The van der Waals surface area contributed by atoms with E-state index < -0.39 is 17.4 Å². The summed E-state index contributed by atoms with van der Waals surface area (Å²) in [6, 6.07) is 0. The number of ether oxygens (including phenoxy) is 2. The summed E-state index contributed by atoms with van der Waals surface area (Å²) in [7, 11) is 4.89. The molecule has 0 radical (unpaired) electrons. The minimum absolute atomic E-state index is 0.0941. The van der Waals surface area contributed by atoms with Crippen molar-refractivity contribution >= 4 is 23.5 Å². The number of carbonyl (C=O) groups is 4. The molecule has 3 N–H and O–H groups in total. The average Bonchev–Trinajstić information content (AvgIpc) is 3.67. The number of hydrogen-bond donors (Lipinski definition) is 2. The predicted molar refractivity (Wildman–Crippen MR) is 189 cm³/mol. The second kappa shape index (κ2) is 16.2. The van der Waals surface area contributed by atoms with Crippen molar-refractivity contribution in [3.63, 3.8) is 0 Å². The van der Waals surface area contributed by atoms with Gasteiger partial charge in [0, 0.05) is 52.2 Å². The lowest BCUT2D eigenvalue weighted by Crippen LogP contribution is -2.53. The van der Waals surface area contributed by atoms with Gasteiger partial charge in [-0.15, -0.1) is 5.10 Å². The molecule has 14 heteroatoms. The summed E-state index contributed by atoms with van der Waals surface area (Å²) in [6.07, 6.45) is 11.8. The Morgan fingerprint density at radius 1 is 0.941 bits per heavy atom. The first kappa shape index (κ1) is 39.0. The van der Waals surface area contributed by atoms with Crippen LogP contribution in [0.3, 0.4) is 0 Å². The van der Waals surface area contributed by atoms with Crippen LogP contribution < -0.4 is 5.73 Å². The zero-order valence-electron chi connectivity index (χ0n) is 31.3. The Labute approximate surface area is 302 Å². The van der Waals surface area contributed by atoms with Crippen molar-refractivity contribution in [2.24, 2.45) is 34.3 Å². The Morgan fingerprint density at radius 2 is 1.61 bits per heavy atom. The van der Waals surface area contributed by atoms with Gasteiger partial charge < -0.3 is 30.1 Å². The Morgan fingerprint density at radius 3 is 2.29 bits per heavy atom. The summed E-state index contributed by atoms with van der Waals surface area (Å²) >= 11 is 0. The monoisotopic (exact) mass is 713 g/mol. The highest BCUT2D eigenvalue weighted by atomic mass is 16.5. The SMILES string of the molecule is COCCN(CC(N)=O)C(=O)CN(CCOC)C(=O)CN(C)CCCn1cc(C2(O)CCC3C4CCC5=CC(=O)CCC5(C)C4CCC32C)nn1. The first-order valence-corrected chi connectivity index (χ1v) is 18.6. The van der Waals surface area contributed by atoms with E-state index in [0.717, 1.165) is 38.5 Å². The van der Waals surface area contributed by atoms with Gasteiger partial charge in [0.2, 0.25) is 17.7 Å². The van der Waals surface area contributed by atoms with Crippen LogP contribution >= 0.6 is 0 Å². The van der Waals surface area contributed by atoms with Crippen LogP contribution in [0, 0.1) is 28.6 Å². The second-order valence-corrected chi connectivity index (χ2v) is 15.9. The highest BCUT2D eigenvalue weighted by Gasteiger charge is 2.65. The number of primary amides is 1. The molecular weight excluding hydrogens is 654 g/mol. The van der Waals surface area contributed by atoms with E-state index in [1.54, 1.807) is 4.68 Å². The van der Waals surface area contributed by atoms with Gasteiger partial charge in [-0.3, -0.25) is 28.8 Å². The van der Waals surface area contributed by atoms with Crippen molar-refractivity contribution in [3.8, 4) is 0 Å². The molecule has 14 nitrogen and oxygen atoms in total. The number of ketones is 1. The molecule has 4 aliphatic rings. The standard InChI is InChI=1S/C37H59N7O7/c1-35-12-9-27(45)21-26(35)7-8-28-29(35)10-13-36(2)30(28)11-14-37(36,49)31-22-44(40-39-31)16-6-15-41(3)24-33(47)43(18-20-51-5)25-34(48)42(17-19-50-4)23-32(38)46/h21-22,28-30,49H,6-20,23-25H2,1-5H3,(H2,38,46). The minimum atomic E-state index is -1.04. The Bertz CT molecular complexity index is 1470. The molecule has 1 aromatic heterocycles. The predicted octanol–water partition coefficient (Wildman–Crippen LogP) is 1.75. The third-order valence-electron chi connectivity index (χ3n) is 12.9. The first-order chi connectivity index (χ1) is 24.3. The number of rotatable bonds is 17. The van der Waals surface area contributed by atoms with Gasteiger partial charge >= 0.3 is 0 Å². The van der Waals surface area contributed by atoms with Gasteiger partial charge in [-0.2, -0.15) is 0 Å². The van der Waals surface area contributed by atoms with Gasteiger partial charge in [0.1, 0.15) is 11.3 Å². The van der Waals surface area contributed by atoms with E-state index in [1.165, 1.54) is 29.6 Å². The van der Waals surface area contributed by atoms with Crippen molar-refractivity contribution in [2.45, 2.75) is 83.8 Å². The molecule has 51 heavy (non-hydrogen) atoms. The molecule has 4 aliphatic carbocycles. The third-order valence-corrected chi connectivity index (χ3v) is 12.9. The molecule has 6 atom stereocenters. The lowest BCUT2D eigenvalue weighted by molar-refractivity contribution is -0.143. The highest BCUT2D eigenvalue weighted by molar-refractivity contribution is 5.91. The largest absolute Gasteiger partial charge is 0.383 e.